The van der Waals surface area contributed by atoms with Crippen molar-refractivity contribution in [1.82, 2.24) is 9.58 Å². The summed E-state index contributed by atoms with van der Waals surface area (Å²) < 4.78 is 7.30. The topological polar surface area (TPSA) is 83.0 Å². The van der Waals surface area contributed by atoms with Gasteiger partial charge < -0.3 is 9.30 Å². The van der Waals surface area contributed by atoms with Gasteiger partial charge in [0.2, 0.25) is 5.17 Å². The van der Waals surface area contributed by atoms with E-state index in [1.165, 1.54) is 16.8 Å². The number of aliphatic imine (C=N–C) groups is 1. The minimum Gasteiger partial charge on any atom is -0.495 e. The molecule has 0 atom stereocenters. The molecule has 5 rings (SSSR count). The van der Waals surface area contributed by atoms with Crippen LogP contribution in [-0.2, 0) is 4.79 Å². The maximum Gasteiger partial charge on any atom is 0.283 e. The Balaban J connectivity index is 1.51. The molecule has 1 amide bonds. The molecule has 1 N–H and O–H groups in total. The number of amides is 1. The van der Waals surface area contributed by atoms with Crippen LogP contribution in [0, 0.1) is 19.3 Å². The van der Waals surface area contributed by atoms with Crippen molar-refractivity contribution in [3.8, 4) is 11.4 Å². The van der Waals surface area contributed by atoms with Crippen LogP contribution in [0.3, 0.4) is 0 Å². The van der Waals surface area contributed by atoms with Gasteiger partial charge in [-0.1, -0.05) is 41.9 Å². The second-order valence-electron chi connectivity index (χ2n) is 7.77. The summed E-state index contributed by atoms with van der Waals surface area (Å²) in [4.78, 5) is 17.1. The number of hydrogen-bond donors (Lipinski definition) is 1. The number of nitrogens with zero attached hydrogens (tertiary/aromatic N) is 4. The molecule has 0 aliphatic carbocycles. The van der Waals surface area contributed by atoms with Gasteiger partial charge in [-0.15, -0.1) is 0 Å². The average Bonchev–Trinajstić information content (AvgIpc) is 3.37. The summed E-state index contributed by atoms with van der Waals surface area (Å²) in [6.07, 6.45) is 1.70. The van der Waals surface area contributed by atoms with Crippen molar-refractivity contribution in [2.45, 2.75) is 13.8 Å². The van der Waals surface area contributed by atoms with Gasteiger partial charge in [-0.3, -0.25) is 10.2 Å². The smallest absolute Gasteiger partial charge is 0.283 e. The predicted molar refractivity (Wildman–Crippen MR) is 137 cm³/mol. The van der Waals surface area contributed by atoms with E-state index in [-0.39, 0.29) is 11.4 Å². The molecule has 9 heteroatoms. The Morgan fingerprint density at radius 2 is 1.88 bits per heavy atom. The van der Waals surface area contributed by atoms with Crippen LogP contribution in [0.15, 0.2) is 70.3 Å². The van der Waals surface area contributed by atoms with Crippen LogP contribution in [-0.4, -0.2) is 38.6 Å². The number of hydrogen-bond acceptors (Lipinski definition) is 5. The largest absolute Gasteiger partial charge is 0.495 e. The van der Waals surface area contributed by atoms with E-state index in [0.29, 0.717) is 21.0 Å². The molecular formula is C25H20ClN5O2S. The molecule has 2 aromatic carbocycles. The third-order valence-corrected chi connectivity index (χ3v) is 6.89. The summed E-state index contributed by atoms with van der Waals surface area (Å²) in [7, 11) is 1.58. The van der Waals surface area contributed by atoms with Gasteiger partial charge in [0.1, 0.15) is 10.8 Å². The van der Waals surface area contributed by atoms with Crippen molar-refractivity contribution < 1.29 is 9.53 Å². The number of methoxy groups -OCH3 is 1. The van der Waals surface area contributed by atoms with Gasteiger partial charge in [-0.05, 0) is 61.5 Å². The van der Waals surface area contributed by atoms with Crippen LogP contribution in [0.25, 0.3) is 11.8 Å². The monoisotopic (exact) mass is 489 g/mol. The summed E-state index contributed by atoms with van der Waals surface area (Å²) >= 11 is 7.62. The van der Waals surface area contributed by atoms with Crippen LogP contribution in [0.4, 0.5) is 0 Å². The third-order valence-electron chi connectivity index (χ3n) is 5.64. The van der Waals surface area contributed by atoms with Crippen molar-refractivity contribution in [2.75, 3.05) is 7.11 Å². The Kier molecular flexibility index (Phi) is 5.63. The highest BCUT2D eigenvalue weighted by Gasteiger charge is 2.36. The predicted octanol–water partition coefficient (Wildman–Crippen LogP) is 5.42. The van der Waals surface area contributed by atoms with Crippen molar-refractivity contribution in [2.24, 2.45) is 10.1 Å². The van der Waals surface area contributed by atoms with Crippen molar-refractivity contribution >= 4 is 51.4 Å². The molecule has 0 saturated carbocycles. The quantitative estimate of drug-likeness (QED) is 0.496. The molecule has 0 saturated heterocycles. The van der Waals surface area contributed by atoms with Gasteiger partial charge in [0, 0.05) is 22.6 Å². The van der Waals surface area contributed by atoms with Gasteiger partial charge in [-0.25, -0.2) is 0 Å². The van der Waals surface area contributed by atoms with Crippen molar-refractivity contribution in [3.05, 3.63) is 87.7 Å². The Morgan fingerprint density at radius 3 is 2.59 bits per heavy atom. The number of nitrogens with one attached hydrogen (secondary N) is 1. The summed E-state index contributed by atoms with van der Waals surface area (Å²) in [6, 6.07) is 17.2. The lowest BCUT2D eigenvalue weighted by atomic mass is 10.1. The molecule has 0 spiro atoms. The number of aryl methyl sites for hydroxylation is 1. The van der Waals surface area contributed by atoms with Crippen LogP contribution in [0.2, 0.25) is 5.02 Å². The molecule has 2 aliphatic heterocycles. The van der Waals surface area contributed by atoms with Crippen LogP contribution >= 0.6 is 23.4 Å². The van der Waals surface area contributed by atoms with Crippen LogP contribution in [0.1, 0.15) is 22.5 Å². The molecule has 34 heavy (non-hydrogen) atoms. The van der Waals surface area contributed by atoms with Gasteiger partial charge in [0.15, 0.2) is 5.84 Å². The third kappa shape index (κ3) is 3.74. The lowest BCUT2D eigenvalue weighted by Gasteiger charge is -2.20. The normalized spacial score (nSPS) is 16.6. The Morgan fingerprint density at radius 1 is 1.12 bits per heavy atom. The molecular weight excluding hydrogens is 470 g/mol. The van der Waals surface area contributed by atoms with Crippen molar-refractivity contribution in [1.29, 1.82) is 5.41 Å². The number of ether oxygens (including phenoxy) is 1. The Labute approximate surface area is 205 Å². The van der Waals surface area contributed by atoms with E-state index >= 15 is 0 Å². The van der Waals surface area contributed by atoms with E-state index in [2.05, 4.69) is 10.1 Å². The summed E-state index contributed by atoms with van der Waals surface area (Å²) in [5.74, 6) is 0.153. The minimum atomic E-state index is -0.453. The second-order valence-corrected chi connectivity index (χ2v) is 9.14. The van der Waals surface area contributed by atoms with E-state index in [1.54, 1.807) is 13.2 Å². The van der Waals surface area contributed by atoms with E-state index in [4.69, 9.17) is 21.7 Å². The molecule has 3 aromatic rings. The lowest BCUT2D eigenvalue weighted by molar-refractivity contribution is -0.114. The molecule has 0 bridgehead atoms. The molecule has 7 nitrogen and oxygen atoms in total. The average molecular weight is 490 g/mol. The maximum atomic E-state index is 12.9. The number of aromatic nitrogens is 1. The van der Waals surface area contributed by atoms with Gasteiger partial charge >= 0.3 is 0 Å². The molecule has 0 fully saturated rings. The van der Waals surface area contributed by atoms with Crippen LogP contribution in [0.5, 0.6) is 5.75 Å². The molecule has 1 aromatic heterocycles. The first-order valence-electron chi connectivity index (χ1n) is 10.5. The molecule has 0 radical (unpaired) electrons. The van der Waals surface area contributed by atoms with Gasteiger partial charge in [0.05, 0.1) is 17.7 Å². The number of thioether (sulfide) groups is 1. The van der Waals surface area contributed by atoms with Crippen LogP contribution < -0.4 is 4.74 Å². The highest BCUT2D eigenvalue weighted by atomic mass is 35.5. The number of carbonyl (C=O) groups excluding carboxylic acids is 1. The standard InChI is InChI=1S/C25H20ClN5O2S/c1-14-11-17(15(2)30(14)18-9-10-21(33-3)20(26)13-18)12-19-22(27)31-25(28-23(19)32)34-24(29-31)16-7-5-4-6-8-16/h4-13,27H,1-3H3/b19-12-,27-22?. The fourth-order valence-electron chi connectivity index (χ4n) is 3.97. The minimum absolute atomic E-state index is 0.00530. The lowest BCUT2D eigenvalue weighted by Crippen LogP contribution is -2.35. The fraction of sp³-hybridized carbons (Fsp3) is 0.120. The first kappa shape index (κ1) is 22.2. The number of rotatable bonds is 4. The number of benzene rings is 2. The highest BCUT2D eigenvalue weighted by molar-refractivity contribution is 8.27. The molecule has 170 valence electrons. The van der Waals surface area contributed by atoms with E-state index in [9.17, 15) is 4.79 Å². The SMILES string of the molecule is COc1ccc(-n2c(C)cc(/C=C3/C(=N)N4N=C(c5ccccc5)SC4=NC3=O)c2C)cc1Cl. The zero-order valence-corrected chi connectivity index (χ0v) is 20.2. The first-order valence-corrected chi connectivity index (χ1v) is 11.7. The number of amidine groups is 2. The van der Waals surface area contributed by atoms with E-state index < -0.39 is 5.91 Å². The van der Waals surface area contributed by atoms with E-state index in [1.807, 2.05) is 73.0 Å². The Bertz CT molecular complexity index is 1440. The maximum absolute atomic E-state index is 12.9. The van der Waals surface area contributed by atoms with Gasteiger partial charge in [-0.2, -0.15) is 15.1 Å². The summed E-state index contributed by atoms with van der Waals surface area (Å²) in [5.41, 5.74) is 4.67. The molecule has 0 unspecified atom stereocenters. The number of carbonyl (C=O) groups is 1. The zero-order chi connectivity index (χ0) is 24.0. The van der Waals surface area contributed by atoms with Gasteiger partial charge in [0.25, 0.3) is 5.91 Å². The number of hydrazone groups is 1. The molecule has 3 heterocycles. The molecule has 2 aliphatic rings. The summed E-state index contributed by atoms with van der Waals surface area (Å²) in [6.45, 7) is 3.94. The zero-order valence-electron chi connectivity index (χ0n) is 18.7. The fourth-order valence-corrected chi connectivity index (χ4v) is 5.12. The Hall–Kier alpha value is -3.62. The summed E-state index contributed by atoms with van der Waals surface area (Å²) in [5, 5.41) is 16.2. The highest BCUT2D eigenvalue weighted by Crippen LogP contribution is 2.33. The van der Waals surface area contributed by atoms with E-state index in [0.717, 1.165) is 28.2 Å². The first-order chi connectivity index (χ1) is 16.4. The number of halogens is 1. The number of fused-ring (bicyclic) bond motifs is 1. The second kappa shape index (κ2) is 8.62. The van der Waals surface area contributed by atoms with Crippen molar-refractivity contribution in [3.63, 3.8) is 0 Å².